The molecule has 0 unspecified atom stereocenters. The van der Waals surface area contributed by atoms with Crippen molar-refractivity contribution in [3.8, 4) is 5.75 Å². The molecular weight excluding hydrogens is 138 g/mol. The molecule has 0 spiro atoms. The standard InChI is InChI=1S/C9H9NO/c10-8-4-5-9(11)7-3-1-2-6(7)8/h1,3-5,11H,2,10H2. The SMILES string of the molecule is Nc1ccc(O)c2c1CC=C2. The first-order valence-corrected chi connectivity index (χ1v) is 3.56. The van der Waals surface area contributed by atoms with Crippen molar-refractivity contribution in [3.63, 3.8) is 0 Å². The van der Waals surface area contributed by atoms with Crippen LogP contribution in [0.1, 0.15) is 11.1 Å². The second-order valence-electron chi connectivity index (χ2n) is 2.67. The topological polar surface area (TPSA) is 46.2 Å². The fraction of sp³-hybridized carbons (Fsp3) is 0.111. The van der Waals surface area contributed by atoms with Crippen molar-refractivity contribution in [3.05, 3.63) is 29.3 Å². The van der Waals surface area contributed by atoms with Crippen molar-refractivity contribution in [1.29, 1.82) is 0 Å². The average Bonchev–Trinajstić information content (AvgIpc) is 2.45. The van der Waals surface area contributed by atoms with Crippen molar-refractivity contribution in [2.75, 3.05) is 5.73 Å². The number of anilines is 1. The highest BCUT2D eigenvalue weighted by Gasteiger charge is 2.11. The Balaban J connectivity index is 2.71. The number of nitrogens with two attached hydrogens (primary N) is 1. The first-order valence-electron chi connectivity index (χ1n) is 3.56. The Bertz CT molecular complexity index is 329. The average molecular weight is 147 g/mol. The number of phenolic OH excluding ortho intramolecular Hbond substituents is 1. The Morgan fingerprint density at radius 2 is 2.18 bits per heavy atom. The molecule has 2 rings (SSSR count). The molecule has 0 fully saturated rings. The number of rotatable bonds is 0. The van der Waals surface area contributed by atoms with Gasteiger partial charge in [0.05, 0.1) is 0 Å². The van der Waals surface area contributed by atoms with Crippen LogP contribution in [0.5, 0.6) is 5.75 Å². The monoisotopic (exact) mass is 147 g/mol. The lowest BCUT2D eigenvalue weighted by Crippen LogP contribution is -1.92. The number of phenols is 1. The Morgan fingerprint density at radius 3 is 2.91 bits per heavy atom. The second kappa shape index (κ2) is 2.02. The van der Waals surface area contributed by atoms with Crippen molar-refractivity contribution < 1.29 is 5.11 Å². The number of fused-ring (bicyclic) bond motifs is 1. The fourth-order valence-corrected chi connectivity index (χ4v) is 1.38. The lowest BCUT2D eigenvalue weighted by molar-refractivity contribution is 0.474. The molecule has 1 aliphatic carbocycles. The minimum absolute atomic E-state index is 0.322. The molecule has 0 aromatic heterocycles. The van der Waals surface area contributed by atoms with Gasteiger partial charge in [-0.25, -0.2) is 0 Å². The van der Waals surface area contributed by atoms with Gasteiger partial charge >= 0.3 is 0 Å². The molecule has 0 aliphatic heterocycles. The van der Waals surface area contributed by atoms with Gasteiger partial charge < -0.3 is 10.8 Å². The summed E-state index contributed by atoms with van der Waals surface area (Å²) in [6.07, 6.45) is 4.75. The zero-order chi connectivity index (χ0) is 7.84. The maximum Gasteiger partial charge on any atom is 0.123 e. The minimum atomic E-state index is 0.322. The van der Waals surface area contributed by atoms with Crippen LogP contribution in [0.15, 0.2) is 18.2 Å². The van der Waals surface area contributed by atoms with Crippen LogP contribution in [0.3, 0.4) is 0 Å². The fourth-order valence-electron chi connectivity index (χ4n) is 1.38. The third kappa shape index (κ3) is 0.792. The normalized spacial score (nSPS) is 13.5. The molecule has 3 N–H and O–H groups in total. The smallest absolute Gasteiger partial charge is 0.123 e. The molecule has 0 saturated heterocycles. The van der Waals surface area contributed by atoms with E-state index in [0.717, 1.165) is 23.2 Å². The van der Waals surface area contributed by atoms with Gasteiger partial charge in [-0.3, -0.25) is 0 Å². The van der Waals surface area contributed by atoms with E-state index in [0.29, 0.717) is 5.75 Å². The summed E-state index contributed by atoms with van der Waals surface area (Å²) >= 11 is 0. The van der Waals surface area contributed by atoms with Gasteiger partial charge in [0.1, 0.15) is 5.75 Å². The summed E-state index contributed by atoms with van der Waals surface area (Å²) in [5, 5.41) is 9.35. The third-order valence-corrected chi connectivity index (χ3v) is 1.98. The lowest BCUT2D eigenvalue weighted by Gasteiger charge is -2.04. The molecule has 0 heterocycles. The molecule has 1 aromatic rings. The minimum Gasteiger partial charge on any atom is -0.507 e. The number of allylic oxidation sites excluding steroid dienone is 1. The van der Waals surface area contributed by atoms with Gasteiger partial charge in [-0.1, -0.05) is 12.2 Å². The number of hydrogen-bond acceptors (Lipinski definition) is 2. The van der Waals surface area contributed by atoms with Crippen LogP contribution in [-0.2, 0) is 6.42 Å². The predicted molar refractivity (Wildman–Crippen MR) is 45.3 cm³/mol. The molecule has 2 heteroatoms. The van der Waals surface area contributed by atoms with E-state index in [-0.39, 0.29) is 0 Å². The molecule has 56 valence electrons. The summed E-state index contributed by atoms with van der Waals surface area (Å²) in [6, 6.07) is 3.37. The third-order valence-electron chi connectivity index (χ3n) is 1.98. The summed E-state index contributed by atoms with van der Waals surface area (Å²) in [5.41, 5.74) is 8.38. The van der Waals surface area contributed by atoms with Crippen LogP contribution in [0, 0.1) is 0 Å². The zero-order valence-corrected chi connectivity index (χ0v) is 6.04. The number of nitrogen functional groups attached to an aromatic ring is 1. The van der Waals surface area contributed by atoms with Gasteiger partial charge in [-0.15, -0.1) is 0 Å². The lowest BCUT2D eigenvalue weighted by atomic mass is 10.1. The molecule has 1 aromatic carbocycles. The van der Waals surface area contributed by atoms with Gasteiger partial charge in [0.25, 0.3) is 0 Å². The molecule has 0 bridgehead atoms. The summed E-state index contributed by atoms with van der Waals surface area (Å²) in [5.74, 6) is 0.322. The van der Waals surface area contributed by atoms with E-state index in [4.69, 9.17) is 5.73 Å². The zero-order valence-electron chi connectivity index (χ0n) is 6.04. The predicted octanol–water partition coefficient (Wildman–Crippen LogP) is 1.54. The van der Waals surface area contributed by atoms with Crippen LogP contribution in [-0.4, -0.2) is 5.11 Å². The van der Waals surface area contributed by atoms with Crippen molar-refractivity contribution in [2.45, 2.75) is 6.42 Å². The molecule has 11 heavy (non-hydrogen) atoms. The molecule has 0 amide bonds. The quantitative estimate of drug-likeness (QED) is 0.432. The van der Waals surface area contributed by atoms with Gasteiger partial charge in [-0.2, -0.15) is 0 Å². The first-order chi connectivity index (χ1) is 5.29. The Morgan fingerprint density at radius 1 is 1.36 bits per heavy atom. The van der Waals surface area contributed by atoms with Gasteiger partial charge in [0.2, 0.25) is 0 Å². The molecule has 2 nitrogen and oxygen atoms in total. The highest BCUT2D eigenvalue weighted by atomic mass is 16.3. The van der Waals surface area contributed by atoms with E-state index in [2.05, 4.69) is 0 Å². The first kappa shape index (κ1) is 6.28. The molecule has 0 radical (unpaired) electrons. The largest absolute Gasteiger partial charge is 0.507 e. The molecule has 1 aliphatic rings. The van der Waals surface area contributed by atoms with E-state index in [1.807, 2.05) is 12.2 Å². The summed E-state index contributed by atoms with van der Waals surface area (Å²) in [4.78, 5) is 0. The Labute approximate surface area is 65.0 Å². The van der Waals surface area contributed by atoms with Crippen LogP contribution >= 0.6 is 0 Å². The van der Waals surface area contributed by atoms with Crippen LogP contribution < -0.4 is 5.73 Å². The van der Waals surface area contributed by atoms with Gasteiger partial charge in [0, 0.05) is 11.3 Å². The number of aromatic hydroxyl groups is 1. The number of hydrogen-bond donors (Lipinski definition) is 2. The number of benzene rings is 1. The highest BCUT2D eigenvalue weighted by Crippen LogP contribution is 2.31. The molecular formula is C9H9NO. The van der Waals surface area contributed by atoms with Crippen molar-refractivity contribution >= 4 is 11.8 Å². The van der Waals surface area contributed by atoms with E-state index in [1.165, 1.54) is 0 Å². The van der Waals surface area contributed by atoms with Crippen LogP contribution in [0.4, 0.5) is 5.69 Å². The van der Waals surface area contributed by atoms with E-state index >= 15 is 0 Å². The second-order valence-corrected chi connectivity index (χ2v) is 2.67. The van der Waals surface area contributed by atoms with Crippen LogP contribution in [0.2, 0.25) is 0 Å². The van der Waals surface area contributed by atoms with Crippen molar-refractivity contribution in [2.24, 2.45) is 0 Å². The van der Waals surface area contributed by atoms with Gasteiger partial charge in [0.15, 0.2) is 0 Å². The summed E-state index contributed by atoms with van der Waals surface area (Å²) in [7, 11) is 0. The molecule has 0 saturated carbocycles. The van der Waals surface area contributed by atoms with E-state index in [1.54, 1.807) is 12.1 Å². The molecule has 0 atom stereocenters. The van der Waals surface area contributed by atoms with E-state index < -0.39 is 0 Å². The maximum absolute atomic E-state index is 9.35. The van der Waals surface area contributed by atoms with Crippen LogP contribution in [0.25, 0.3) is 6.08 Å². The highest BCUT2D eigenvalue weighted by molar-refractivity contribution is 5.72. The summed E-state index contributed by atoms with van der Waals surface area (Å²) in [6.45, 7) is 0. The Hall–Kier alpha value is -1.44. The van der Waals surface area contributed by atoms with E-state index in [9.17, 15) is 5.11 Å². The Kier molecular flexibility index (Phi) is 1.15. The van der Waals surface area contributed by atoms with Gasteiger partial charge in [-0.05, 0) is 24.1 Å². The summed E-state index contributed by atoms with van der Waals surface area (Å²) < 4.78 is 0. The van der Waals surface area contributed by atoms with Crippen molar-refractivity contribution in [1.82, 2.24) is 0 Å². The maximum atomic E-state index is 9.35.